The van der Waals surface area contributed by atoms with Crippen LogP contribution in [0.1, 0.15) is 33.6 Å². The van der Waals surface area contributed by atoms with Crippen molar-refractivity contribution in [2.45, 2.75) is 12.8 Å². The SMILES string of the molecule is O=C(CCC(=O)N1CCN(C(=O)c2c(F)ccc(F)c2F)CC1)c1ccc(-c2ccccc2)cc1. The molecule has 1 saturated heterocycles. The number of benzene rings is 3. The van der Waals surface area contributed by atoms with Gasteiger partial charge in [-0.15, -0.1) is 0 Å². The molecule has 180 valence electrons. The molecule has 8 heteroatoms. The summed E-state index contributed by atoms with van der Waals surface area (Å²) in [5.74, 6) is -5.31. The minimum atomic E-state index is -1.52. The molecule has 5 nitrogen and oxygen atoms in total. The van der Waals surface area contributed by atoms with Crippen molar-refractivity contribution in [1.29, 1.82) is 0 Å². The molecule has 0 aliphatic carbocycles. The van der Waals surface area contributed by atoms with Gasteiger partial charge >= 0.3 is 0 Å². The molecule has 0 unspecified atom stereocenters. The largest absolute Gasteiger partial charge is 0.339 e. The van der Waals surface area contributed by atoms with Gasteiger partial charge in [0.15, 0.2) is 17.4 Å². The highest BCUT2D eigenvalue weighted by Gasteiger charge is 2.29. The van der Waals surface area contributed by atoms with E-state index in [4.69, 9.17) is 0 Å². The number of nitrogens with zero attached hydrogens (tertiary/aromatic N) is 2. The van der Waals surface area contributed by atoms with Crippen LogP contribution in [-0.4, -0.2) is 53.6 Å². The lowest BCUT2D eigenvalue weighted by atomic mass is 10.0. The van der Waals surface area contributed by atoms with E-state index in [9.17, 15) is 27.6 Å². The number of halogens is 3. The number of Topliss-reactive ketones (excluding diaryl/α,β-unsaturated/α-hetero) is 1. The van der Waals surface area contributed by atoms with E-state index in [0.29, 0.717) is 17.7 Å². The molecule has 35 heavy (non-hydrogen) atoms. The van der Waals surface area contributed by atoms with Gasteiger partial charge in [0.25, 0.3) is 5.91 Å². The van der Waals surface area contributed by atoms with Gasteiger partial charge in [0, 0.05) is 44.6 Å². The number of amides is 2. The standard InChI is InChI=1S/C27H23F3N2O3/c28-21-10-11-22(29)26(30)25(21)27(35)32-16-14-31(15-17-32)24(34)13-12-23(33)20-8-6-19(7-9-20)18-4-2-1-3-5-18/h1-11H,12-17H2. The lowest BCUT2D eigenvalue weighted by molar-refractivity contribution is -0.132. The first-order valence-corrected chi connectivity index (χ1v) is 11.2. The molecule has 3 aromatic rings. The molecule has 4 rings (SSSR count). The Hall–Kier alpha value is -3.94. The summed E-state index contributed by atoms with van der Waals surface area (Å²) in [5.41, 5.74) is 1.62. The van der Waals surface area contributed by atoms with Crippen LogP contribution in [-0.2, 0) is 4.79 Å². The Morgan fingerprint density at radius 3 is 1.89 bits per heavy atom. The Morgan fingerprint density at radius 2 is 1.23 bits per heavy atom. The van der Waals surface area contributed by atoms with Crippen molar-refractivity contribution in [2.24, 2.45) is 0 Å². The summed E-state index contributed by atoms with van der Waals surface area (Å²) in [7, 11) is 0. The molecule has 0 saturated carbocycles. The highest BCUT2D eigenvalue weighted by atomic mass is 19.2. The van der Waals surface area contributed by atoms with Crippen molar-refractivity contribution >= 4 is 17.6 Å². The van der Waals surface area contributed by atoms with E-state index >= 15 is 0 Å². The van der Waals surface area contributed by atoms with Crippen LogP contribution in [0.25, 0.3) is 11.1 Å². The minimum Gasteiger partial charge on any atom is -0.339 e. The zero-order chi connectivity index (χ0) is 24.9. The summed E-state index contributed by atoms with van der Waals surface area (Å²) < 4.78 is 41.3. The highest BCUT2D eigenvalue weighted by molar-refractivity contribution is 5.98. The second kappa shape index (κ2) is 10.5. The summed E-state index contributed by atoms with van der Waals surface area (Å²) in [5, 5.41) is 0. The molecule has 0 N–H and O–H groups in total. The third-order valence-electron chi connectivity index (χ3n) is 6.06. The molecule has 3 aromatic carbocycles. The van der Waals surface area contributed by atoms with Crippen LogP contribution in [0.3, 0.4) is 0 Å². The van der Waals surface area contributed by atoms with Crippen LogP contribution in [0.2, 0.25) is 0 Å². The number of ketones is 1. The smallest absolute Gasteiger partial charge is 0.260 e. The van der Waals surface area contributed by atoms with Crippen LogP contribution in [0.5, 0.6) is 0 Å². The van der Waals surface area contributed by atoms with E-state index in [1.54, 1.807) is 12.1 Å². The molecule has 1 aliphatic heterocycles. The maximum Gasteiger partial charge on any atom is 0.260 e. The van der Waals surface area contributed by atoms with Crippen LogP contribution in [0.4, 0.5) is 13.2 Å². The van der Waals surface area contributed by atoms with Crippen molar-refractivity contribution in [1.82, 2.24) is 9.80 Å². The van der Waals surface area contributed by atoms with E-state index in [-0.39, 0.29) is 50.7 Å². The van der Waals surface area contributed by atoms with Crippen molar-refractivity contribution in [2.75, 3.05) is 26.2 Å². The fraction of sp³-hybridized carbons (Fsp3) is 0.222. The van der Waals surface area contributed by atoms with Gasteiger partial charge in [0.2, 0.25) is 5.91 Å². The maximum atomic E-state index is 13.9. The quantitative estimate of drug-likeness (QED) is 0.379. The van der Waals surface area contributed by atoms with Crippen LogP contribution >= 0.6 is 0 Å². The van der Waals surface area contributed by atoms with E-state index in [1.807, 2.05) is 42.5 Å². The lowest BCUT2D eigenvalue weighted by Crippen LogP contribution is -2.51. The minimum absolute atomic E-state index is 0.0143. The zero-order valence-electron chi connectivity index (χ0n) is 18.8. The second-order valence-electron chi connectivity index (χ2n) is 8.26. The average Bonchev–Trinajstić information content (AvgIpc) is 2.90. The third kappa shape index (κ3) is 5.42. The predicted octanol–water partition coefficient (Wildman–Crippen LogP) is 4.72. The van der Waals surface area contributed by atoms with Crippen LogP contribution in [0, 0.1) is 17.5 Å². The predicted molar refractivity (Wildman–Crippen MR) is 124 cm³/mol. The summed E-state index contributed by atoms with van der Waals surface area (Å²) in [6.07, 6.45) is 0.0583. The van der Waals surface area contributed by atoms with Crippen molar-refractivity contribution < 1.29 is 27.6 Å². The number of piperazine rings is 1. The molecule has 1 aliphatic rings. The highest BCUT2D eigenvalue weighted by Crippen LogP contribution is 2.21. The molecule has 0 atom stereocenters. The fourth-order valence-corrected chi connectivity index (χ4v) is 4.04. The molecule has 1 heterocycles. The number of hydrogen-bond acceptors (Lipinski definition) is 3. The summed E-state index contributed by atoms with van der Waals surface area (Å²) in [4.78, 5) is 40.3. The molecular formula is C27H23F3N2O3. The van der Waals surface area contributed by atoms with Gasteiger partial charge in [0.1, 0.15) is 11.4 Å². The van der Waals surface area contributed by atoms with Crippen LogP contribution in [0.15, 0.2) is 66.7 Å². The number of carbonyl (C=O) groups is 3. The Morgan fingerprint density at radius 1 is 0.657 bits per heavy atom. The Balaban J connectivity index is 1.28. The Labute approximate surface area is 200 Å². The first kappa shape index (κ1) is 24.2. The normalized spacial score (nSPS) is 13.6. The van der Waals surface area contributed by atoms with Crippen molar-refractivity contribution in [3.63, 3.8) is 0 Å². The van der Waals surface area contributed by atoms with Crippen molar-refractivity contribution in [3.05, 3.63) is 95.3 Å². The zero-order valence-corrected chi connectivity index (χ0v) is 18.8. The van der Waals surface area contributed by atoms with Gasteiger partial charge in [-0.05, 0) is 23.3 Å². The molecule has 0 spiro atoms. The van der Waals surface area contributed by atoms with E-state index in [1.165, 1.54) is 9.80 Å². The summed E-state index contributed by atoms with van der Waals surface area (Å²) in [6, 6.07) is 18.3. The van der Waals surface area contributed by atoms with Gasteiger partial charge < -0.3 is 9.80 Å². The third-order valence-corrected chi connectivity index (χ3v) is 6.06. The fourth-order valence-electron chi connectivity index (χ4n) is 4.04. The monoisotopic (exact) mass is 480 g/mol. The van der Waals surface area contributed by atoms with E-state index in [0.717, 1.165) is 11.1 Å². The Kier molecular flexibility index (Phi) is 7.29. The van der Waals surface area contributed by atoms with Gasteiger partial charge in [-0.1, -0.05) is 54.6 Å². The van der Waals surface area contributed by atoms with E-state index in [2.05, 4.69) is 0 Å². The molecular weight excluding hydrogens is 457 g/mol. The Bertz CT molecular complexity index is 1240. The maximum absolute atomic E-state index is 13.9. The molecule has 0 radical (unpaired) electrons. The molecule has 0 bridgehead atoms. The average molecular weight is 480 g/mol. The topological polar surface area (TPSA) is 57.7 Å². The number of carbonyl (C=O) groups excluding carboxylic acids is 3. The first-order valence-electron chi connectivity index (χ1n) is 11.2. The lowest BCUT2D eigenvalue weighted by Gasteiger charge is -2.35. The summed E-state index contributed by atoms with van der Waals surface area (Å²) in [6.45, 7) is 0.413. The van der Waals surface area contributed by atoms with Gasteiger partial charge in [-0.3, -0.25) is 14.4 Å². The summed E-state index contributed by atoms with van der Waals surface area (Å²) >= 11 is 0. The molecule has 1 fully saturated rings. The van der Waals surface area contributed by atoms with Gasteiger partial charge in [-0.2, -0.15) is 0 Å². The van der Waals surface area contributed by atoms with Crippen LogP contribution < -0.4 is 0 Å². The number of hydrogen-bond donors (Lipinski definition) is 0. The first-order chi connectivity index (χ1) is 16.8. The van der Waals surface area contributed by atoms with E-state index < -0.39 is 28.9 Å². The second-order valence-corrected chi connectivity index (χ2v) is 8.26. The van der Waals surface area contributed by atoms with Gasteiger partial charge in [-0.25, -0.2) is 13.2 Å². The van der Waals surface area contributed by atoms with Gasteiger partial charge in [0.05, 0.1) is 0 Å². The molecule has 2 amide bonds. The van der Waals surface area contributed by atoms with Crippen molar-refractivity contribution in [3.8, 4) is 11.1 Å². The number of rotatable bonds is 6. The molecule has 0 aromatic heterocycles.